The summed E-state index contributed by atoms with van der Waals surface area (Å²) in [5.41, 5.74) is 6.86. The molecule has 2 N–H and O–H groups in total. The summed E-state index contributed by atoms with van der Waals surface area (Å²) in [5, 5.41) is 0. The Morgan fingerprint density at radius 1 is 1.42 bits per heavy atom. The Kier molecular flexibility index (Phi) is 3.35. The Hall–Kier alpha value is -1.84. The molecule has 0 aromatic heterocycles. The van der Waals surface area contributed by atoms with Gasteiger partial charge in [-0.1, -0.05) is 39.0 Å². The maximum atomic E-state index is 12.5. The van der Waals surface area contributed by atoms with E-state index in [4.69, 9.17) is 5.73 Å². The number of fused-ring (bicyclic) bond motifs is 1. The highest BCUT2D eigenvalue weighted by atomic mass is 16.2. The first-order chi connectivity index (χ1) is 8.82. The van der Waals surface area contributed by atoms with Gasteiger partial charge in [0.25, 0.3) is 0 Å². The molecule has 1 atom stereocenters. The zero-order valence-corrected chi connectivity index (χ0v) is 11.6. The smallest absolute Gasteiger partial charge is 0.244 e. The SMILES string of the molecule is CC(C)(C)C(=O)N1CCc2c[c]ccc2C1C(N)=O. The monoisotopic (exact) mass is 259 g/mol. The minimum Gasteiger partial charge on any atom is -0.368 e. The second-order valence-electron chi connectivity index (χ2n) is 5.93. The average molecular weight is 259 g/mol. The van der Waals surface area contributed by atoms with Gasteiger partial charge in [-0.3, -0.25) is 9.59 Å². The molecule has 0 bridgehead atoms. The summed E-state index contributed by atoms with van der Waals surface area (Å²) >= 11 is 0. The predicted molar refractivity (Wildman–Crippen MR) is 72.1 cm³/mol. The maximum Gasteiger partial charge on any atom is 0.244 e. The van der Waals surface area contributed by atoms with Crippen molar-refractivity contribution in [2.45, 2.75) is 33.2 Å². The summed E-state index contributed by atoms with van der Waals surface area (Å²) in [7, 11) is 0. The van der Waals surface area contributed by atoms with Gasteiger partial charge < -0.3 is 10.6 Å². The molecule has 101 valence electrons. The molecule has 4 nitrogen and oxygen atoms in total. The second-order valence-corrected chi connectivity index (χ2v) is 5.93. The average Bonchev–Trinajstić information content (AvgIpc) is 2.35. The fraction of sp³-hybridized carbons (Fsp3) is 0.467. The van der Waals surface area contributed by atoms with Crippen LogP contribution in [0.3, 0.4) is 0 Å². The van der Waals surface area contributed by atoms with Crippen LogP contribution in [0.25, 0.3) is 0 Å². The van der Waals surface area contributed by atoms with Crippen LogP contribution in [0.1, 0.15) is 37.9 Å². The molecular formula is C15H19N2O2. The summed E-state index contributed by atoms with van der Waals surface area (Å²) in [6.45, 7) is 6.07. The molecule has 1 aliphatic heterocycles. The molecule has 19 heavy (non-hydrogen) atoms. The Morgan fingerprint density at radius 2 is 2.11 bits per heavy atom. The van der Waals surface area contributed by atoms with E-state index in [1.807, 2.05) is 32.9 Å². The van der Waals surface area contributed by atoms with Crippen molar-refractivity contribution in [3.05, 3.63) is 35.4 Å². The number of carbonyl (C=O) groups excluding carboxylic acids is 2. The molecule has 1 aromatic carbocycles. The molecule has 2 rings (SSSR count). The van der Waals surface area contributed by atoms with E-state index in [-0.39, 0.29) is 5.91 Å². The number of nitrogens with two attached hydrogens (primary N) is 1. The van der Waals surface area contributed by atoms with E-state index in [1.54, 1.807) is 11.0 Å². The van der Waals surface area contributed by atoms with E-state index >= 15 is 0 Å². The minimum atomic E-state index is -0.662. The molecule has 0 saturated heterocycles. The number of nitrogens with zero attached hydrogens (tertiary/aromatic N) is 1. The number of carbonyl (C=O) groups is 2. The standard InChI is InChI=1S/C15H19N2O2/c1-15(2,3)14(19)17-9-8-10-6-4-5-7-11(10)12(17)13(16)18/h5-7,12H,8-9H2,1-3H3,(H2,16,18). The first-order valence-electron chi connectivity index (χ1n) is 6.41. The van der Waals surface area contributed by atoms with E-state index in [0.29, 0.717) is 6.54 Å². The quantitative estimate of drug-likeness (QED) is 0.829. The van der Waals surface area contributed by atoms with E-state index in [2.05, 4.69) is 6.07 Å². The minimum absolute atomic E-state index is 0.0465. The fourth-order valence-corrected chi connectivity index (χ4v) is 2.45. The first kappa shape index (κ1) is 13.6. The van der Waals surface area contributed by atoms with Crippen molar-refractivity contribution in [1.82, 2.24) is 4.90 Å². The zero-order valence-electron chi connectivity index (χ0n) is 11.6. The van der Waals surface area contributed by atoms with Crippen LogP contribution in [0.5, 0.6) is 0 Å². The third-order valence-electron chi connectivity index (χ3n) is 3.39. The normalized spacial score (nSPS) is 18.9. The van der Waals surface area contributed by atoms with Gasteiger partial charge in [0.1, 0.15) is 6.04 Å². The highest BCUT2D eigenvalue weighted by Crippen LogP contribution is 2.32. The molecule has 4 heteroatoms. The maximum absolute atomic E-state index is 12.5. The van der Waals surface area contributed by atoms with Crippen LogP contribution in [0.15, 0.2) is 18.2 Å². The number of hydrogen-bond acceptors (Lipinski definition) is 2. The van der Waals surface area contributed by atoms with Gasteiger partial charge >= 0.3 is 0 Å². The van der Waals surface area contributed by atoms with E-state index in [1.165, 1.54) is 0 Å². The van der Waals surface area contributed by atoms with Gasteiger partial charge in [0.05, 0.1) is 0 Å². The van der Waals surface area contributed by atoms with Crippen LogP contribution in [0.2, 0.25) is 0 Å². The Balaban J connectivity index is 2.44. The van der Waals surface area contributed by atoms with Crippen LogP contribution in [0.4, 0.5) is 0 Å². The largest absolute Gasteiger partial charge is 0.368 e. The second kappa shape index (κ2) is 4.68. The van der Waals surface area contributed by atoms with Crippen LogP contribution in [-0.2, 0) is 16.0 Å². The van der Waals surface area contributed by atoms with Gasteiger partial charge in [0, 0.05) is 12.0 Å². The molecule has 1 radical (unpaired) electrons. The van der Waals surface area contributed by atoms with Crippen LogP contribution >= 0.6 is 0 Å². The van der Waals surface area contributed by atoms with Gasteiger partial charge in [-0.05, 0) is 23.6 Å². The predicted octanol–water partition coefficient (Wildman–Crippen LogP) is 1.44. The van der Waals surface area contributed by atoms with Crippen LogP contribution < -0.4 is 5.73 Å². The lowest BCUT2D eigenvalue weighted by molar-refractivity contribution is -0.146. The molecule has 1 unspecified atom stereocenters. The highest BCUT2D eigenvalue weighted by molar-refractivity contribution is 5.90. The summed E-state index contributed by atoms with van der Waals surface area (Å²) in [6, 6.07) is 7.78. The number of primary amides is 1. The topological polar surface area (TPSA) is 63.4 Å². The highest BCUT2D eigenvalue weighted by Gasteiger charge is 2.38. The lowest BCUT2D eigenvalue weighted by Gasteiger charge is -2.38. The summed E-state index contributed by atoms with van der Waals surface area (Å²) < 4.78 is 0. The summed E-state index contributed by atoms with van der Waals surface area (Å²) in [6.07, 6.45) is 0.734. The molecule has 1 aromatic rings. The third-order valence-corrected chi connectivity index (χ3v) is 3.39. The van der Waals surface area contributed by atoms with Crippen molar-refractivity contribution >= 4 is 11.8 Å². The van der Waals surface area contributed by atoms with Crippen molar-refractivity contribution < 1.29 is 9.59 Å². The number of benzene rings is 1. The van der Waals surface area contributed by atoms with E-state index in [9.17, 15) is 9.59 Å². The van der Waals surface area contributed by atoms with Crippen molar-refractivity contribution in [2.24, 2.45) is 11.1 Å². The summed E-state index contributed by atoms with van der Waals surface area (Å²) in [5.74, 6) is -0.528. The Bertz CT molecular complexity index is 517. The van der Waals surface area contributed by atoms with E-state index < -0.39 is 17.4 Å². The number of amides is 2. The van der Waals surface area contributed by atoms with Crippen LogP contribution in [-0.4, -0.2) is 23.3 Å². The molecule has 1 heterocycles. The van der Waals surface area contributed by atoms with Gasteiger partial charge in [-0.25, -0.2) is 0 Å². The Morgan fingerprint density at radius 3 is 2.68 bits per heavy atom. The first-order valence-corrected chi connectivity index (χ1v) is 6.41. The lowest BCUT2D eigenvalue weighted by atomic mass is 9.88. The number of rotatable bonds is 1. The molecule has 0 spiro atoms. The third kappa shape index (κ3) is 2.48. The fourth-order valence-electron chi connectivity index (χ4n) is 2.45. The molecule has 0 aliphatic carbocycles. The van der Waals surface area contributed by atoms with E-state index in [0.717, 1.165) is 17.5 Å². The molecule has 0 fully saturated rings. The summed E-state index contributed by atoms with van der Waals surface area (Å²) in [4.78, 5) is 25.8. The van der Waals surface area contributed by atoms with Gasteiger partial charge in [-0.15, -0.1) is 0 Å². The van der Waals surface area contributed by atoms with Crippen LogP contribution in [0, 0.1) is 11.5 Å². The molecule has 0 saturated carbocycles. The zero-order chi connectivity index (χ0) is 14.2. The van der Waals surface area contributed by atoms with Crippen molar-refractivity contribution in [1.29, 1.82) is 0 Å². The van der Waals surface area contributed by atoms with Crippen molar-refractivity contribution in [2.75, 3.05) is 6.54 Å². The van der Waals surface area contributed by atoms with Crippen molar-refractivity contribution in [3.63, 3.8) is 0 Å². The van der Waals surface area contributed by atoms with Gasteiger partial charge in [0.2, 0.25) is 11.8 Å². The lowest BCUT2D eigenvalue weighted by Crippen LogP contribution is -2.49. The Labute approximate surface area is 113 Å². The van der Waals surface area contributed by atoms with Gasteiger partial charge in [0.15, 0.2) is 0 Å². The molecular weight excluding hydrogens is 240 g/mol. The molecule has 2 amide bonds. The van der Waals surface area contributed by atoms with Crippen molar-refractivity contribution in [3.8, 4) is 0 Å². The number of hydrogen-bond donors (Lipinski definition) is 1. The molecule has 1 aliphatic rings. The van der Waals surface area contributed by atoms with Gasteiger partial charge in [-0.2, -0.15) is 0 Å².